The molecule has 2 aromatic heterocycles. The lowest BCUT2D eigenvalue weighted by Crippen LogP contribution is -2.41. The van der Waals surface area contributed by atoms with E-state index in [4.69, 9.17) is 0 Å². The van der Waals surface area contributed by atoms with Crippen LogP contribution < -0.4 is 20.9 Å². The van der Waals surface area contributed by atoms with E-state index in [2.05, 4.69) is 52.9 Å². The molecule has 0 spiro atoms. The summed E-state index contributed by atoms with van der Waals surface area (Å²) in [5.41, 5.74) is 2.46. The number of benzene rings is 2. The van der Waals surface area contributed by atoms with Gasteiger partial charge in [-0.1, -0.05) is 12.1 Å². The van der Waals surface area contributed by atoms with Crippen molar-refractivity contribution in [1.82, 2.24) is 25.3 Å². The summed E-state index contributed by atoms with van der Waals surface area (Å²) in [6, 6.07) is 18.8. The van der Waals surface area contributed by atoms with Gasteiger partial charge < -0.3 is 20.9 Å². The second-order valence-corrected chi connectivity index (χ2v) is 8.36. The first-order valence-corrected chi connectivity index (χ1v) is 11.7. The molecule has 0 radical (unpaired) electrons. The van der Waals surface area contributed by atoms with Crippen LogP contribution in [0.4, 0.5) is 33.3 Å². The summed E-state index contributed by atoms with van der Waals surface area (Å²) < 4.78 is 14.1. The third kappa shape index (κ3) is 5.52. The smallest absolute Gasteiger partial charge is 0.229 e. The average Bonchev–Trinajstić information content (AvgIpc) is 2.90. The summed E-state index contributed by atoms with van der Waals surface area (Å²) in [6.07, 6.45) is 5.55. The first kappa shape index (κ1) is 22.7. The van der Waals surface area contributed by atoms with E-state index in [1.165, 1.54) is 11.8 Å². The molecule has 3 heterocycles. The van der Waals surface area contributed by atoms with E-state index in [9.17, 15) is 4.39 Å². The molecule has 3 N–H and O–H groups in total. The molecule has 1 aliphatic heterocycles. The second kappa shape index (κ2) is 10.4. The monoisotopic (exact) mass is 470 g/mol. The maximum Gasteiger partial charge on any atom is 0.229 e. The van der Waals surface area contributed by atoms with Crippen molar-refractivity contribution in [3.63, 3.8) is 0 Å². The Bertz CT molecular complexity index is 1270. The maximum atomic E-state index is 14.1. The molecule has 2 aromatic carbocycles. The van der Waals surface area contributed by atoms with Crippen molar-refractivity contribution in [2.75, 3.05) is 35.7 Å². The molecule has 8 nitrogen and oxygen atoms in total. The highest BCUT2D eigenvalue weighted by Crippen LogP contribution is 2.24. The molecular weight excluding hydrogens is 443 g/mol. The second-order valence-electron chi connectivity index (χ2n) is 8.36. The molecule has 35 heavy (non-hydrogen) atoms. The van der Waals surface area contributed by atoms with Gasteiger partial charge in [0.15, 0.2) is 5.82 Å². The number of piperidine rings is 1. The van der Waals surface area contributed by atoms with E-state index >= 15 is 0 Å². The lowest BCUT2D eigenvalue weighted by atomic mass is 10.0. The topological polar surface area (TPSA) is 90.9 Å². The highest BCUT2D eigenvalue weighted by Gasteiger charge is 2.17. The molecule has 0 bridgehead atoms. The quantitative estimate of drug-likeness (QED) is 0.357. The van der Waals surface area contributed by atoms with Gasteiger partial charge in [0.1, 0.15) is 17.5 Å². The molecule has 5 rings (SSSR count). The van der Waals surface area contributed by atoms with E-state index in [1.807, 2.05) is 19.2 Å². The molecule has 1 saturated heterocycles. The summed E-state index contributed by atoms with van der Waals surface area (Å²) in [6.45, 7) is 2.10. The van der Waals surface area contributed by atoms with Crippen LogP contribution in [0.2, 0.25) is 0 Å². The van der Waals surface area contributed by atoms with Crippen LogP contribution >= 0.6 is 0 Å². The fraction of sp³-hybridized carbons (Fsp3) is 0.231. The number of nitrogens with zero attached hydrogens (tertiary/aromatic N) is 5. The Kier molecular flexibility index (Phi) is 6.76. The number of nitrogens with one attached hydrogen (secondary N) is 3. The lowest BCUT2D eigenvalue weighted by molar-refractivity contribution is 0.442. The van der Waals surface area contributed by atoms with Crippen molar-refractivity contribution in [1.29, 1.82) is 0 Å². The number of hydrogen-bond donors (Lipinski definition) is 3. The van der Waals surface area contributed by atoms with Gasteiger partial charge in [0.2, 0.25) is 5.95 Å². The molecular formula is C26H27FN8. The van der Waals surface area contributed by atoms with Gasteiger partial charge in [-0.3, -0.25) is 0 Å². The SMILES string of the molecule is CNC1CCN(c2ccc(Nc3nccc(Nc4ccnc(-c5ccccc5F)n4)n3)cc2)CC1. The van der Waals surface area contributed by atoms with Gasteiger partial charge >= 0.3 is 0 Å². The summed E-state index contributed by atoms with van der Waals surface area (Å²) in [5, 5.41) is 9.76. The standard InChI is InChI=1S/C26H27FN8/c1-28-18-12-16-35(17-13-18)20-8-6-19(7-9-20)31-26-30-15-11-24(34-26)32-23-10-14-29-25(33-23)21-4-2-3-5-22(21)27/h2-11,14-15,18,28H,12-13,16-17H2,1H3,(H2,29,30,31,32,33,34). The first-order valence-electron chi connectivity index (χ1n) is 11.7. The molecule has 9 heteroatoms. The summed E-state index contributed by atoms with van der Waals surface area (Å²) in [5.74, 6) is 1.46. The van der Waals surface area contributed by atoms with Crippen molar-refractivity contribution in [3.8, 4) is 11.4 Å². The molecule has 1 aliphatic rings. The molecule has 178 valence electrons. The Morgan fingerprint density at radius 1 is 0.829 bits per heavy atom. The van der Waals surface area contributed by atoms with E-state index in [1.54, 1.807) is 42.7 Å². The molecule has 0 amide bonds. The van der Waals surface area contributed by atoms with Gasteiger partial charge in [-0.25, -0.2) is 19.3 Å². The van der Waals surface area contributed by atoms with Crippen molar-refractivity contribution in [2.24, 2.45) is 0 Å². The van der Waals surface area contributed by atoms with Crippen LogP contribution in [0.25, 0.3) is 11.4 Å². The van der Waals surface area contributed by atoms with E-state index in [0.29, 0.717) is 35.0 Å². The average molecular weight is 471 g/mol. The normalized spacial score (nSPS) is 14.1. The highest BCUT2D eigenvalue weighted by atomic mass is 19.1. The third-order valence-electron chi connectivity index (χ3n) is 6.07. The van der Waals surface area contributed by atoms with Crippen LogP contribution in [0.15, 0.2) is 73.1 Å². The molecule has 0 saturated carbocycles. The first-order chi connectivity index (χ1) is 17.2. The van der Waals surface area contributed by atoms with Gasteiger partial charge in [-0.2, -0.15) is 4.98 Å². The fourth-order valence-corrected chi connectivity index (χ4v) is 4.13. The van der Waals surface area contributed by atoms with Gasteiger partial charge in [0.05, 0.1) is 5.56 Å². The Morgan fingerprint density at radius 2 is 1.54 bits per heavy atom. The van der Waals surface area contributed by atoms with Crippen LogP contribution in [0.3, 0.4) is 0 Å². The number of rotatable bonds is 7. The van der Waals surface area contributed by atoms with Crippen molar-refractivity contribution in [2.45, 2.75) is 18.9 Å². The zero-order valence-electron chi connectivity index (χ0n) is 19.4. The minimum Gasteiger partial charge on any atom is -0.371 e. The van der Waals surface area contributed by atoms with Crippen LogP contribution in [0.1, 0.15) is 12.8 Å². The summed E-state index contributed by atoms with van der Waals surface area (Å²) in [7, 11) is 2.03. The van der Waals surface area contributed by atoms with Crippen molar-refractivity contribution < 1.29 is 4.39 Å². The largest absolute Gasteiger partial charge is 0.371 e. The zero-order valence-corrected chi connectivity index (χ0v) is 19.4. The molecule has 1 fully saturated rings. The van der Waals surface area contributed by atoms with Crippen molar-refractivity contribution in [3.05, 3.63) is 78.9 Å². The van der Waals surface area contributed by atoms with Gasteiger partial charge in [0.25, 0.3) is 0 Å². The summed E-state index contributed by atoms with van der Waals surface area (Å²) in [4.78, 5) is 19.9. The minimum atomic E-state index is -0.369. The van der Waals surface area contributed by atoms with E-state index in [-0.39, 0.29) is 5.82 Å². The van der Waals surface area contributed by atoms with Crippen LogP contribution in [0, 0.1) is 5.82 Å². The number of hydrogen-bond acceptors (Lipinski definition) is 8. The predicted octanol–water partition coefficient (Wildman–Crippen LogP) is 4.75. The van der Waals surface area contributed by atoms with Crippen LogP contribution in [0.5, 0.6) is 0 Å². The Balaban J connectivity index is 1.25. The van der Waals surface area contributed by atoms with Crippen LogP contribution in [-0.4, -0.2) is 46.1 Å². The fourth-order valence-electron chi connectivity index (χ4n) is 4.13. The lowest BCUT2D eigenvalue weighted by Gasteiger charge is -2.33. The van der Waals surface area contributed by atoms with Gasteiger partial charge in [0, 0.05) is 42.9 Å². The number of anilines is 5. The summed E-state index contributed by atoms with van der Waals surface area (Å²) >= 11 is 0. The molecule has 4 aromatic rings. The zero-order chi connectivity index (χ0) is 24.0. The Hall–Kier alpha value is -4.11. The van der Waals surface area contributed by atoms with Crippen molar-refractivity contribution >= 4 is 29.0 Å². The van der Waals surface area contributed by atoms with Gasteiger partial charge in [-0.15, -0.1) is 0 Å². The van der Waals surface area contributed by atoms with Crippen LogP contribution in [-0.2, 0) is 0 Å². The molecule has 0 unspecified atom stereocenters. The van der Waals surface area contributed by atoms with E-state index in [0.717, 1.165) is 31.6 Å². The Morgan fingerprint density at radius 3 is 2.29 bits per heavy atom. The number of aromatic nitrogens is 4. The number of halogens is 1. The Labute approximate surface area is 203 Å². The predicted molar refractivity (Wildman–Crippen MR) is 137 cm³/mol. The maximum absolute atomic E-state index is 14.1. The minimum absolute atomic E-state index is 0.302. The highest BCUT2D eigenvalue weighted by molar-refractivity contribution is 5.62. The van der Waals surface area contributed by atoms with Gasteiger partial charge in [-0.05, 0) is 68.4 Å². The molecule has 0 aliphatic carbocycles. The van der Waals surface area contributed by atoms with E-state index < -0.39 is 0 Å². The molecule has 0 atom stereocenters. The third-order valence-corrected chi connectivity index (χ3v) is 6.07.